The maximum absolute atomic E-state index is 12.8. The first-order valence-electron chi connectivity index (χ1n) is 12.0. The first kappa shape index (κ1) is 24.8. The third-order valence-corrected chi connectivity index (χ3v) is 6.44. The largest absolute Gasteiger partial charge is 0.336 e. The van der Waals surface area contributed by atoms with Crippen LogP contribution >= 0.6 is 0 Å². The normalized spacial score (nSPS) is 15.7. The molecule has 1 unspecified atom stereocenters. The monoisotopic (exact) mass is 450 g/mol. The highest BCUT2D eigenvalue weighted by Gasteiger charge is 2.27. The number of urea groups is 1. The molecule has 178 valence electrons. The van der Waals surface area contributed by atoms with Gasteiger partial charge in [-0.2, -0.15) is 0 Å². The smallest absolute Gasteiger partial charge is 0.317 e. The third kappa shape index (κ3) is 7.06. The van der Waals surface area contributed by atoms with Crippen molar-refractivity contribution in [1.82, 2.24) is 15.1 Å². The van der Waals surface area contributed by atoms with Gasteiger partial charge >= 0.3 is 6.03 Å². The van der Waals surface area contributed by atoms with Gasteiger partial charge < -0.3 is 15.5 Å². The van der Waals surface area contributed by atoms with Crippen LogP contribution < -0.4 is 10.6 Å². The number of rotatable bonds is 8. The van der Waals surface area contributed by atoms with Gasteiger partial charge in [-0.3, -0.25) is 9.69 Å². The number of nitrogens with zero attached hydrogens (tertiary/aromatic N) is 2. The molecule has 0 spiro atoms. The van der Waals surface area contributed by atoms with E-state index < -0.39 is 0 Å². The molecule has 6 nitrogen and oxygen atoms in total. The summed E-state index contributed by atoms with van der Waals surface area (Å²) in [5.41, 5.74) is 3.28. The van der Waals surface area contributed by atoms with E-state index >= 15 is 0 Å². The number of aryl methyl sites for hydroxylation is 1. The summed E-state index contributed by atoms with van der Waals surface area (Å²) in [4.78, 5) is 29.3. The van der Waals surface area contributed by atoms with Gasteiger partial charge in [-0.05, 0) is 42.4 Å². The van der Waals surface area contributed by atoms with Gasteiger partial charge in [0.05, 0.1) is 6.54 Å². The average Bonchev–Trinajstić information content (AvgIpc) is 2.80. The van der Waals surface area contributed by atoms with Crippen molar-refractivity contribution in [3.05, 3.63) is 65.7 Å². The van der Waals surface area contributed by atoms with E-state index in [9.17, 15) is 9.59 Å². The van der Waals surface area contributed by atoms with Crippen molar-refractivity contribution in [3.8, 4) is 0 Å². The zero-order chi connectivity index (χ0) is 23.8. The molecular formula is C27H38N4O2. The van der Waals surface area contributed by atoms with Crippen LogP contribution in [-0.4, -0.2) is 60.5 Å². The molecule has 33 heavy (non-hydrogen) atoms. The van der Waals surface area contributed by atoms with E-state index in [-0.39, 0.29) is 23.4 Å². The second-order valence-corrected chi connectivity index (χ2v) is 9.63. The Hall–Kier alpha value is -2.86. The Bertz CT molecular complexity index is 921. The molecule has 1 atom stereocenters. The Morgan fingerprint density at radius 3 is 2.27 bits per heavy atom. The molecule has 1 saturated heterocycles. The Labute approximate surface area is 198 Å². The van der Waals surface area contributed by atoms with E-state index in [1.807, 2.05) is 35.2 Å². The molecule has 6 heteroatoms. The Kier molecular flexibility index (Phi) is 8.50. The fourth-order valence-electron chi connectivity index (χ4n) is 4.58. The van der Waals surface area contributed by atoms with Gasteiger partial charge in [0, 0.05) is 37.9 Å². The first-order chi connectivity index (χ1) is 15.8. The van der Waals surface area contributed by atoms with Crippen LogP contribution in [0.5, 0.6) is 0 Å². The molecule has 0 bridgehead atoms. The summed E-state index contributed by atoms with van der Waals surface area (Å²) >= 11 is 0. The average molecular weight is 451 g/mol. The highest BCUT2D eigenvalue weighted by atomic mass is 16.2. The zero-order valence-corrected chi connectivity index (χ0v) is 20.4. The molecule has 0 aliphatic carbocycles. The van der Waals surface area contributed by atoms with Crippen molar-refractivity contribution in [2.45, 2.75) is 52.0 Å². The predicted octanol–water partition coefficient (Wildman–Crippen LogP) is 4.27. The topological polar surface area (TPSA) is 64.7 Å². The van der Waals surface area contributed by atoms with Crippen LogP contribution in [0.3, 0.4) is 0 Å². The van der Waals surface area contributed by atoms with Crippen molar-refractivity contribution < 1.29 is 9.59 Å². The summed E-state index contributed by atoms with van der Waals surface area (Å²) < 4.78 is 0. The maximum atomic E-state index is 12.8. The van der Waals surface area contributed by atoms with Crippen molar-refractivity contribution in [2.24, 2.45) is 0 Å². The van der Waals surface area contributed by atoms with Gasteiger partial charge in [0.1, 0.15) is 0 Å². The molecule has 2 aromatic carbocycles. The molecular weight excluding hydrogens is 412 g/mol. The van der Waals surface area contributed by atoms with Crippen LogP contribution in [0.25, 0.3) is 0 Å². The Morgan fingerprint density at radius 1 is 0.970 bits per heavy atom. The molecule has 0 aromatic heterocycles. The molecule has 0 saturated carbocycles. The van der Waals surface area contributed by atoms with Crippen LogP contribution in [0.2, 0.25) is 0 Å². The van der Waals surface area contributed by atoms with Crippen molar-refractivity contribution in [2.75, 3.05) is 38.0 Å². The van der Waals surface area contributed by atoms with Gasteiger partial charge in [-0.15, -0.1) is 0 Å². The number of anilines is 1. The number of carbonyl (C=O) groups is 2. The minimum absolute atomic E-state index is 0.00873. The summed E-state index contributed by atoms with van der Waals surface area (Å²) in [6, 6.07) is 18.4. The van der Waals surface area contributed by atoms with E-state index in [0.29, 0.717) is 32.7 Å². The summed E-state index contributed by atoms with van der Waals surface area (Å²) in [6.07, 6.45) is 1.74. The lowest BCUT2D eigenvalue weighted by Crippen LogP contribution is -2.54. The van der Waals surface area contributed by atoms with Crippen molar-refractivity contribution in [3.63, 3.8) is 0 Å². The third-order valence-electron chi connectivity index (χ3n) is 6.44. The fraction of sp³-hybridized carbons (Fsp3) is 0.481. The number of hydrogen-bond donors (Lipinski definition) is 2. The minimum Gasteiger partial charge on any atom is -0.336 e. The molecule has 1 aliphatic rings. The number of nitrogens with one attached hydrogen (secondary N) is 2. The SMILES string of the molecule is CCc1ccccc1NC(=O)CN1CCN(C(=O)NC(C)CC(C)(C)c2ccccc2)CC1. The van der Waals surface area contributed by atoms with Gasteiger partial charge in [0.25, 0.3) is 0 Å². The van der Waals surface area contributed by atoms with Gasteiger partial charge in [-0.25, -0.2) is 4.79 Å². The van der Waals surface area contributed by atoms with Gasteiger partial charge in [0.15, 0.2) is 0 Å². The molecule has 2 aromatic rings. The number of piperazine rings is 1. The second kappa shape index (κ2) is 11.3. The number of hydrogen-bond acceptors (Lipinski definition) is 3. The zero-order valence-electron chi connectivity index (χ0n) is 20.4. The van der Waals surface area contributed by atoms with Crippen LogP contribution in [0.4, 0.5) is 10.5 Å². The molecule has 3 rings (SSSR count). The Morgan fingerprint density at radius 2 is 1.61 bits per heavy atom. The number of para-hydroxylation sites is 1. The molecule has 1 heterocycles. The highest BCUT2D eigenvalue weighted by molar-refractivity contribution is 5.93. The highest BCUT2D eigenvalue weighted by Crippen LogP contribution is 2.28. The van der Waals surface area contributed by atoms with E-state index in [1.165, 1.54) is 5.56 Å². The van der Waals surface area contributed by atoms with E-state index in [1.54, 1.807) is 0 Å². The summed E-state index contributed by atoms with van der Waals surface area (Å²) in [5, 5.41) is 6.20. The van der Waals surface area contributed by atoms with Crippen LogP contribution in [0.1, 0.15) is 45.2 Å². The maximum Gasteiger partial charge on any atom is 0.317 e. The number of carbonyl (C=O) groups excluding carboxylic acids is 2. The van der Waals surface area contributed by atoms with E-state index in [4.69, 9.17) is 0 Å². The molecule has 0 radical (unpaired) electrons. The van der Waals surface area contributed by atoms with E-state index in [2.05, 4.69) is 67.5 Å². The molecule has 1 fully saturated rings. The van der Waals surface area contributed by atoms with Gasteiger partial charge in [-0.1, -0.05) is 69.3 Å². The van der Waals surface area contributed by atoms with Crippen LogP contribution in [0.15, 0.2) is 54.6 Å². The Balaban J connectivity index is 1.42. The quantitative estimate of drug-likeness (QED) is 0.631. The van der Waals surface area contributed by atoms with Crippen LogP contribution in [-0.2, 0) is 16.6 Å². The summed E-state index contributed by atoms with van der Waals surface area (Å²) in [7, 11) is 0. The lowest BCUT2D eigenvalue weighted by Gasteiger charge is -2.36. The standard InChI is InChI=1S/C27H38N4O2/c1-5-22-11-9-10-14-24(22)29-25(32)20-30-15-17-31(18-16-30)26(33)28-21(2)19-27(3,4)23-12-7-6-8-13-23/h6-14,21H,5,15-20H2,1-4H3,(H,28,33)(H,29,32). The molecule has 3 amide bonds. The van der Waals surface area contributed by atoms with E-state index in [0.717, 1.165) is 24.1 Å². The first-order valence-corrected chi connectivity index (χ1v) is 12.0. The minimum atomic E-state index is -0.0210. The summed E-state index contributed by atoms with van der Waals surface area (Å²) in [5.74, 6) is -0.00873. The second-order valence-electron chi connectivity index (χ2n) is 9.63. The lowest BCUT2D eigenvalue weighted by molar-refractivity contribution is -0.117. The predicted molar refractivity (Wildman–Crippen MR) is 135 cm³/mol. The van der Waals surface area contributed by atoms with Crippen molar-refractivity contribution in [1.29, 1.82) is 0 Å². The fourth-order valence-corrected chi connectivity index (χ4v) is 4.58. The summed E-state index contributed by atoms with van der Waals surface area (Å²) in [6.45, 7) is 11.6. The molecule has 1 aliphatic heterocycles. The van der Waals surface area contributed by atoms with Crippen molar-refractivity contribution >= 4 is 17.6 Å². The van der Waals surface area contributed by atoms with Crippen LogP contribution in [0, 0.1) is 0 Å². The number of benzene rings is 2. The number of amides is 3. The lowest BCUT2D eigenvalue weighted by atomic mass is 9.79. The van der Waals surface area contributed by atoms with Gasteiger partial charge in [0.2, 0.25) is 5.91 Å². The molecule has 2 N–H and O–H groups in total.